The summed E-state index contributed by atoms with van der Waals surface area (Å²) in [6.45, 7) is 4.14. The van der Waals surface area contributed by atoms with E-state index in [2.05, 4.69) is 21.2 Å². The predicted octanol–water partition coefficient (Wildman–Crippen LogP) is 2.62. The van der Waals surface area contributed by atoms with E-state index < -0.39 is 0 Å². The number of nitrogens with one attached hydrogen (secondary N) is 1. The van der Waals surface area contributed by atoms with Crippen LogP contribution in [-0.2, 0) is 11.2 Å². The summed E-state index contributed by atoms with van der Waals surface area (Å²) in [6, 6.07) is 4.86. The molecule has 0 aliphatic heterocycles. The second kappa shape index (κ2) is 7.60. The summed E-state index contributed by atoms with van der Waals surface area (Å²) in [4.78, 5) is 11.6. The monoisotopic (exact) mass is 330 g/mol. The van der Waals surface area contributed by atoms with Crippen molar-refractivity contribution in [1.29, 1.82) is 0 Å². The van der Waals surface area contributed by atoms with Gasteiger partial charge in [0.15, 0.2) is 0 Å². The van der Waals surface area contributed by atoms with Crippen molar-refractivity contribution in [3.8, 4) is 0 Å². The number of nitrogens with two attached hydrogens (primary N) is 1. The number of benzene rings is 1. The fourth-order valence-electron chi connectivity index (χ4n) is 1.61. The Balaban J connectivity index is 2.33. The van der Waals surface area contributed by atoms with Crippen molar-refractivity contribution >= 4 is 21.8 Å². The van der Waals surface area contributed by atoms with Crippen LogP contribution in [0.25, 0.3) is 0 Å². The standard InChI is InChI=1S/C14H20BrFN2O/c1-9(10(2)17)14(19)18-7-3-4-11-5-6-12(15)8-13(11)16/h5-6,8-10H,3-4,7,17H2,1-2H3,(H,18,19). The van der Waals surface area contributed by atoms with Crippen LogP contribution in [0.15, 0.2) is 22.7 Å². The zero-order chi connectivity index (χ0) is 14.4. The molecule has 0 spiro atoms. The normalized spacial score (nSPS) is 13.9. The number of rotatable bonds is 6. The largest absolute Gasteiger partial charge is 0.356 e. The molecule has 2 atom stereocenters. The van der Waals surface area contributed by atoms with E-state index in [1.807, 2.05) is 6.07 Å². The quantitative estimate of drug-likeness (QED) is 0.788. The molecule has 0 aromatic heterocycles. The Morgan fingerprint density at radius 1 is 1.47 bits per heavy atom. The van der Waals surface area contributed by atoms with Gasteiger partial charge in [0, 0.05) is 23.0 Å². The van der Waals surface area contributed by atoms with Crippen molar-refractivity contribution in [2.75, 3.05) is 6.54 Å². The highest BCUT2D eigenvalue weighted by atomic mass is 79.9. The van der Waals surface area contributed by atoms with E-state index in [1.54, 1.807) is 19.9 Å². The fraction of sp³-hybridized carbons (Fsp3) is 0.500. The molecule has 3 nitrogen and oxygen atoms in total. The highest BCUT2D eigenvalue weighted by molar-refractivity contribution is 9.10. The van der Waals surface area contributed by atoms with E-state index >= 15 is 0 Å². The van der Waals surface area contributed by atoms with Crippen molar-refractivity contribution in [3.63, 3.8) is 0 Å². The molecule has 1 amide bonds. The van der Waals surface area contributed by atoms with E-state index in [0.29, 0.717) is 24.9 Å². The average Bonchev–Trinajstić information content (AvgIpc) is 2.35. The van der Waals surface area contributed by atoms with Crippen LogP contribution in [0, 0.1) is 11.7 Å². The molecule has 0 saturated heterocycles. The maximum absolute atomic E-state index is 13.5. The summed E-state index contributed by atoms with van der Waals surface area (Å²) in [6.07, 6.45) is 1.31. The summed E-state index contributed by atoms with van der Waals surface area (Å²) < 4.78 is 14.3. The first-order valence-electron chi connectivity index (χ1n) is 6.39. The maximum atomic E-state index is 13.5. The second-order valence-electron chi connectivity index (χ2n) is 4.78. The van der Waals surface area contributed by atoms with Crippen LogP contribution in [0.1, 0.15) is 25.8 Å². The van der Waals surface area contributed by atoms with Gasteiger partial charge >= 0.3 is 0 Å². The number of hydrogen-bond donors (Lipinski definition) is 2. The molecular weight excluding hydrogens is 311 g/mol. The molecule has 0 bridgehead atoms. The minimum absolute atomic E-state index is 0.0497. The van der Waals surface area contributed by atoms with Gasteiger partial charge in [-0.05, 0) is 37.5 Å². The van der Waals surface area contributed by atoms with Gasteiger partial charge in [0.2, 0.25) is 5.91 Å². The molecule has 0 aliphatic rings. The van der Waals surface area contributed by atoms with E-state index in [1.165, 1.54) is 6.07 Å². The molecule has 1 aromatic rings. The zero-order valence-electron chi connectivity index (χ0n) is 11.2. The molecule has 19 heavy (non-hydrogen) atoms. The zero-order valence-corrected chi connectivity index (χ0v) is 12.8. The minimum atomic E-state index is -0.218. The lowest BCUT2D eigenvalue weighted by molar-refractivity contribution is -0.124. The van der Waals surface area contributed by atoms with Gasteiger partial charge in [0.1, 0.15) is 5.82 Å². The van der Waals surface area contributed by atoms with Gasteiger partial charge in [0.25, 0.3) is 0 Å². The van der Waals surface area contributed by atoms with Crippen LogP contribution in [-0.4, -0.2) is 18.5 Å². The number of hydrogen-bond acceptors (Lipinski definition) is 2. The van der Waals surface area contributed by atoms with E-state index in [9.17, 15) is 9.18 Å². The molecule has 0 fully saturated rings. The van der Waals surface area contributed by atoms with Crippen LogP contribution in [0.3, 0.4) is 0 Å². The predicted molar refractivity (Wildman–Crippen MR) is 78.2 cm³/mol. The Labute approximate surface area is 121 Å². The summed E-state index contributed by atoms with van der Waals surface area (Å²) in [7, 11) is 0. The topological polar surface area (TPSA) is 55.1 Å². The molecule has 5 heteroatoms. The number of amides is 1. The van der Waals surface area contributed by atoms with Crippen molar-refractivity contribution in [2.45, 2.75) is 32.7 Å². The lowest BCUT2D eigenvalue weighted by atomic mass is 10.0. The molecule has 3 N–H and O–H groups in total. The summed E-state index contributed by atoms with van der Waals surface area (Å²) in [5.41, 5.74) is 6.32. The number of aryl methyl sites for hydroxylation is 1. The van der Waals surface area contributed by atoms with Gasteiger partial charge in [-0.25, -0.2) is 4.39 Å². The molecule has 0 aliphatic carbocycles. The van der Waals surface area contributed by atoms with Crippen molar-refractivity contribution in [2.24, 2.45) is 11.7 Å². The van der Waals surface area contributed by atoms with Crippen LogP contribution < -0.4 is 11.1 Å². The van der Waals surface area contributed by atoms with E-state index in [-0.39, 0.29) is 23.7 Å². The van der Waals surface area contributed by atoms with E-state index in [0.717, 1.165) is 4.47 Å². The summed E-state index contributed by atoms with van der Waals surface area (Å²) >= 11 is 3.22. The van der Waals surface area contributed by atoms with Crippen molar-refractivity contribution in [3.05, 3.63) is 34.1 Å². The lowest BCUT2D eigenvalue weighted by Gasteiger charge is -2.15. The summed E-state index contributed by atoms with van der Waals surface area (Å²) in [5.74, 6) is -0.472. The molecule has 1 rings (SSSR count). The highest BCUT2D eigenvalue weighted by Gasteiger charge is 2.16. The third-order valence-electron chi connectivity index (χ3n) is 3.14. The smallest absolute Gasteiger partial charge is 0.224 e. The number of carbonyl (C=O) groups is 1. The van der Waals surface area contributed by atoms with Crippen LogP contribution in [0.4, 0.5) is 4.39 Å². The third-order valence-corrected chi connectivity index (χ3v) is 3.63. The van der Waals surface area contributed by atoms with Gasteiger partial charge in [-0.15, -0.1) is 0 Å². The third kappa shape index (κ3) is 5.28. The first-order chi connectivity index (χ1) is 8.91. The van der Waals surface area contributed by atoms with Crippen LogP contribution >= 0.6 is 15.9 Å². The molecule has 1 aromatic carbocycles. The average molecular weight is 331 g/mol. The Morgan fingerprint density at radius 3 is 2.74 bits per heavy atom. The van der Waals surface area contributed by atoms with Crippen LogP contribution in [0.2, 0.25) is 0 Å². The molecule has 0 radical (unpaired) electrons. The second-order valence-corrected chi connectivity index (χ2v) is 5.69. The van der Waals surface area contributed by atoms with Crippen molar-refractivity contribution in [1.82, 2.24) is 5.32 Å². The maximum Gasteiger partial charge on any atom is 0.224 e. The Kier molecular flexibility index (Phi) is 6.45. The summed E-state index contributed by atoms with van der Waals surface area (Å²) in [5, 5.41) is 2.81. The van der Waals surface area contributed by atoms with Gasteiger partial charge in [-0.2, -0.15) is 0 Å². The lowest BCUT2D eigenvalue weighted by Crippen LogP contribution is -2.39. The first kappa shape index (κ1) is 16.1. The van der Waals surface area contributed by atoms with Crippen LogP contribution in [0.5, 0.6) is 0 Å². The molecular formula is C14H20BrFN2O. The van der Waals surface area contributed by atoms with Gasteiger partial charge in [-0.1, -0.05) is 28.9 Å². The Morgan fingerprint density at radius 2 is 2.16 bits per heavy atom. The van der Waals surface area contributed by atoms with Gasteiger partial charge < -0.3 is 11.1 Å². The molecule has 106 valence electrons. The molecule has 0 saturated carbocycles. The van der Waals surface area contributed by atoms with Crippen molar-refractivity contribution < 1.29 is 9.18 Å². The van der Waals surface area contributed by atoms with Gasteiger partial charge in [0.05, 0.1) is 0 Å². The number of halogens is 2. The Bertz CT molecular complexity index is 437. The molecule has 0 heterocycles. The van der Waals surface area contributed by atoms with Gasteiger partial charge in [-0.3, -0.25) is 4.79 Å². The number of carbonyl (C=O) groups excluding carboxylic acids is 1. The molecule has 2 unspecified atom stereocenters. The SMILES string of the molecule is CC(N)C(C)C(=O)NCCCc1ccc(Br)cc1F. The van der Waals surface area contributed by atoms with E-state index in [4.69, 9.17) is 5.73 Å². The Hall–Kier alpha value is -0.940. The highest BCUT2D eigenvalue weighted by Crippen LogP contribution is 2.16. The fourth-order valence-corrected chi connectivity index (χ4v) is 1.95. The minimum Gasteiger partial charge on any atom is -0.356 e. The first-order valence-corrected chi connectivity index (χ1v) is 7.18.